The molecule has 1 aliphatic carbocycles. The van der Waals surface area contributed by atoms with Crippen molar-refractivity contribution in [3.05, 3.63) is 35.9 Å². The molecule has 9 heteroatoms. The molecule has 0 spiro atoms. The lowest BCUT2D eigenvalue weighted by Crippen LogP contribution is -2.55. The Bertz CT molecular complexity index is 664. The Morgan fingerprint density at radius 2 is 1.77 bits per heavy atom. The second-order valence-electron chi connectivity index (χ2n) is 5.86. The number of carbonyl (C=O) groups is 4. The maximum atomic E-state index is 12.3. The zero-order valence-corrected chi connectivity index (χ0v) is 15.2. The minimum atomic E-state index is -0.941. The Balaban J connectivity index is 1.87. The summed E-state index contributed by atoms with van der Waals surface area (Å²) in [5, 5.41) is 5.17. The second-order valence-corrected chi connectivity index (χ2v) is 6.85. The Morgan fingerprint density at radius 1 is 1.08 bits per heavy atom. The van der Waals surface area contributed by atoms with E-state index >= 15 is 0 Å². The van der Waals surface area contributed by atoms with Gasteiger partial charge in [0.05, 0.1) is 0 Å². The van der Waals surface area contributed by atoms with Crippen molar-refractivity contribution in [1.82, 2.24) is 21.5 Å². The molecular weight excluding hydrogens is 356 g/mol. The van der Waals surface area contributed by atoms with Crippen molar-refractivity contribution >= 4 is 35.4 Å². The SMILES string of the molecule is CSCC[C@H](NC(=O)c1ccccc1)C(=O)NNC(=O)C(=O)NC1CC1. The summed E-state index contributed by atoms with van der Waals surface area (Å²) in [7, 11) is 0. The summed E-state index contributed by atoms with van der Waals surface area (Å²) in [6.45, 7) is 0. The van der Waals surface area contributed by atoms with Gasteiger partial charge >= 0.3 is 11.8 Å². The van der Waals surface area contributed by atoms with Crippen LogP contribution in [0.15, 0.2) is 30.3 Å². The average Bonchev–Trinajstić information content (AvgIpc) is 3.47. The molecule has 1 saturated carbocycles. The Kier molecular flexibility index (Phi) is 7.46. The molecule has 0 aromatic heterocycles. The van der Waals surface area contributed by atoms with Gasteiger partial charge in [-0.25, -0.2) is 0 Å². The van der Waals surface area contributed by atoms with Crippen molar-refractivity contribution in [3.8, 4) is 0 Å². The number of amides is 4. The van der Waals surface area contributed by atoms with Crippen LogP contribution in [-0.2, 0) is 14.4 Å². The van der Waals surface area contributed by atoms with Gasteiger partial charge in [0.2, 0.25) is 0 Å². The first kappa shape index (κ1) is 19.8. The number of hydrogen-bond acceptors (Lipinski definition) is 5. The molecular formula is C17H22N4O4S. The molecule has 1 fully saturated rings. The van der Waals surface area contributed by atoms with Gasteiger partial charge in [-0.3, -0.25) is 30.0 Å². The molecule has 1 aromatic carbocycles. The van der Waals surface area contributed by atoms with Gasteiger partial charge in [-0.1, -0.05) is 18.2 Å². The number of hydrazine groups is 1. The number of hydrogen-bond donors (Lipinski definition) is 4. The highest BCUT2D eigenvalue weighted by Crippen LogP contribution is 2.18. The second kappa shape index (κ2) is 9.81. The van der Waals surface area contributed by atoms with E-state index in [4.69, 9.17) is 0 Å². The normalized spacial score (nSPS) is 14.0. The van der Waals surface area contributed by atoms with Gasteiger partial charge in [0, 0.05) is 11.6 Å². The predicted molar refractivity (Wildman–Crippen MR) is 98.1 cm³/mol. The van der Waals surface area contributed by atoms with Crippen LogP contribution in [0.3, 0.4) is 0 Å². The molecule has 0 bridgehead atoms. The van der Waals surface area contributed by atoms with Crippen LogP contribution in [-0.4, -0.2) is 47.7 Å². The van der Waals surface area contributed by atoms with Crippen molar-refractivity contribution < 1.29 is 19.2 Å². The lowest BCUT2D eigenvalue weighted by Gasteiger charge is -2.18. The third-order valence-electron chi connectivity index (χ3n) is 3.69. The van der Waals surface area contributed by atoms with Gasteiger partial charge in [-0.15, -0.1) is 0 Å². The molecule has 0 aliphatic heterocycles. The fourth-order valence-electron chi connectivity index (χ4n) is 2.08. The van der Waals surface area contributed by atoms with Gasteiger partial charge in [0.15, 0.2) is 0 Å². The van der Waals surface area contributed by atoms with E-state index in [0.29, 0.717) is 17.7 Å². The molecule has 0 heterocycles. The maximum Gasteiger partial charge on any atom is 0.327 e. The molecule has 0 radical (unpaired) electrons. The lowest BCUT2D eigenvalue weighted by molar-refractivity contribution is -0.141. The van der Waals surface area contributed by atoms with Crippen molar-refractivity contribution in [1.29, 1.82) is 0 Å². The zero-order chi connectivity index (χ0) is 18.9. The third kappa shape index (κ3) is 6.40. The molecule has 26 heavy (non-hydrogen) atoms. The molecule has 1 aromatic rings. The number of thioether (sulfide) groups is 1. The van der Waals surface area contributed by atoms with Gasteiger partial charge in [0.25, 0.3) is 11.8 Å². The minimum Gasteiger partial charge on any atom is -0.345 e. The van der Waals surface area contributed by atoms with Crippen molar-refractivity contribution in [3.63, 3.8) is 0 Å². The summed E-state index contributed by atoms with van der Waals surface area (Å²) in [6.07, 6.45) is 3.98. The first-order valence-corrected chi connectivity index (χ1v) is 9.66. The van der Waals surface area contributed by atoms with Gasteiger partial charge in [0.1, 0.15) is 6.04 Å². The first-order chi connectivity index (χ1) is 12.5. The highest BCUT2D eigenvalue weighted by Gasteiger charge is 2.27. The summed E-state index contributed by atoms with van der Waals surface area (Å²) in [4.78, 5) is 47.8. The highest BCUT2D eigenvalue weighted by atomic mass is 32.2. The van der Waals surface area contributed by atoms with Crippen LogP contribution in [0.4, 0.5) is 0 Å². The Morgan fingerprint density at radius 3 is 2.38 bits per heavy atom. The summed E-state index contributed by atoms with van der Waals surface area (Å²) >= 11 is 1.53. The van der Waals surface area contributed by atoms with E-state index in [1.54, 1.807) is 30.3 Å². The Hall–Kier alpha value is -2.55. The van der Waals surface area contributed by atoms with E-state index in [1.807, 2.05) is 6.26 Å². The van der Waals surface area contributed by atoms with Crippen LogP contribution >= 0.6 is 11.8 Å². The van der Waals surface area contributed by atoms with Crippen LogP contribution in [0, 0.1) is 0 Å². The van der Waals surface area contributed by atoms with E-state index in [-0.39, 0.29) is 11.9 Å². The van der Waals surface area contributed by atoms with Crippen LogP contribution in [0.1, 0.15) is 29.6 Å². The standard InChI is InChI=1S/C17H22N4O4S/c1-26-10-9-13(19-14(22)11-5-3-2-4-6-11)15(23)20-21-17(25)16(24)18-12-7-8-12/h2-6,12-13H,7-10H2,1H3,(H,18,24)(H,19,22)(H,20,23)(H,21,25)/t13-/m0/s1. The highest BCUT2D eigenvalue weighted by molar-refractivity contribution is 7.98. The molecule has 2 rings (SSSR count). The van der Waals surface area contributed by atoms with E-state index in [0.717, 1.165) is 12.8 Å². The monoisotopic (exact) mass is 378 g/mol. The Labute approximate surface area is 155 Å². The summed E-state index contributed by atoms with van der Waals surface area (Å²) in [5.41, 5.74) is 4.71. The van der Waals surface area contributed by atoms with Gasteiger partial charge < -0.3 is 10.6 Å². The van der Waals surface area contributed by atoms with E-state index in [2.05, 4.69) is 21.5 Å². The zero-order valence-electron chi connectivity index (χ0n) is 14.4. The van der Waals surface area contributed by atoms with Crippen LogP contribution < -0.4 is 21.5 Å². The van der Waals surface area contributed by atoms with Crippen molar-refractivity contribution in [2.45, 2.75) is 31.3 Å². The summed E-state index contributed by atoms with van der Waals surface area (Å²) < 4.78 is 0. The fraction of sp³-hybridized carbons (Fsp3) is 0.412. The third-order valence-corrected chi connectivity index (χ3v) is 4.33. The number of benzene rings is 1. The summed E-state index contributed by atoms with van der Waals surface area (Å²) in [6, 6.07) is 7.74. The smallest absolute Gasteiger partial charge is 0.327 e. The molecule has 8 nitrogen and oxygen atoms in total. The van der Waals surface area contributed by atoms with E-state index in [9.17, 15) is 19.2 Å². The van der Waals surface area contributed by atoms with Crippen LogP contribution in [0.2, 0.25) is 0 Å². The molecule has 4 N–H and O–H groups in total. The maximum absolute atomic E-state index is 12.3. The molecule has 140 valence electrons. The van der Waals surface area contributed by atoms with Crippen LogP contribution in [0.5, 0.6) is 0 Å². The van der Waals surface area contributed by atoms with Crippen molar-refractivity contribution in [2.24, 2.45) is 0 Å². The minimum absolute atomic E-state index is 0.0449. The van der Waals surface area contributed by atoms with Crippen LogP contribution in [0.25, 0.3) is 0 Å². The predicted octanol–water partition coefficient (Wildman–Crippen LogP) is -0.0359. The number of rotatable bonds is 7. The van der Waals surface area contributed by atoms with E-state index < -0.39 is 23.8 Å². The topological polar surface area (TPSA) is 116 Å². The van der Waals surface area contributed by atoms with Gasteiger partial charge in [-0.2, -0.15) is 11.8 Å². The molecule has 0 saturated heterocycles. The van der Waals surface area contributed by atoms with Gasteiger partial charge in [-0.05, 0) is 43.4 Å². The quantitative estimate of drug-likeness (QED) is 0.393. The molecule has 4 amide bonds. The number of carbonyl (C=O) groups excluding carboxylic acids is 4. The number of nitrogens with one attached hydrogen (secondary N) is 4. The molecule has 1 aliphatic rings. The molecule has 1 atom stereocenters. The fourth-order valence-corrected chi connectivity index (χ4v) is 2.55. The lowest BCUT2D eigenvalue weighted by atomic mass is 10.1. The first-order valence-electron chi connectivity index (χ1n) is 8.26. The average molecular weight is 378 g/mol. The summed E-state index contributed by atoms with van der Waals surface area (Å²) in [5.74, 6) is -2.06. The molecule has 0 unspecified atom stereocenters. The largest absolute Gasteiger partial charge is 0.345 e. The van der Waals surface area contributed by atoms with E-state index in [1.165, 1.54) is 11.8 Å². The van der Waals surface area contributed by atoms with Crippen molar-refractivity contribution in [2.75, 3.05) is 12.0 Å².